The van der Waals surface area contributed by atoms with Crippen LogP contribution in [0.1, 0.15) is 39.4 Å². The summed E-state index contributed by atoms with van der Waals surface area (Å²) >= 11 is 0. The van der Waals surface area contributed by atoms with Gasteiger partial charge in [0, 0.05) is 5.69 Å². The van der Waals surface area contributed by atoms with Gasteiger partial charge in [0.25, 0.3) is 0 Å². The van der Waals surface area contributed by atoms with Gasteiger partial charge in [0.2, 0.25) is 5.91 Å². The molecule has 0 fully saturated rings. The van der Waals surface area contributed by atoms with Crippen LogP contribution in [0.15, 0.2) is 30.3 Å². The van der Waals surface area contributed by atoms with Crippen molar-refractivity contribution in [1.29, 1.82) is 0 Å². The predicted molar refractivity (Wildman–Crippen MR) is 85.5 cm³/mol. The van der Waals surface area contributed by atoms with E-state index in [-0.39, 0.29) is 11.9 Å². The first kappa shape index (κ1) is 13.8. The summed E-state index contributed by atoms with van der Waals surface area (Å²) in [6.45, 7) is 6.21. The van der Waals surface area contributed by atoms with E-state index in [2.05, 4.69) is 37.4 Å². The lowest BCUT2D eigenvalue weighted by Crippen LogP contribution is -2.15. The number of benzene rings is 2. The third-order valence-corrected chi connectivity index (χ3v) is 4.50. The Morgan fingerprint density at radius 1 is 1.10 bits per heavy atom. The Kier molecular flexibility index (Phi) is 3.30. The molecule has 0 spiro atoms. The zero-order chi connectivity index (χ0) is 15.1. The van der Waals surface area contributed by atoms with Crippen molar-refractivity contribution in [3.8, 4) is 0 Å². The molecule has 3 N–H and O–H groups in total. The maximum Gasteiger partial charge on any atom is 0.228 e. The Labute approximate surface area is 125 Å². The van der Waals surface area contributed by atoms with Gasteiger partial charge in [-0.3, -0.25) is 4.79 Å². The van der Waals surface area contributed by atoms with E-state index in [9.17, 15) is 4.79 Å². The highest BCUT2D eigenvalue weighted by Crippen LogP contribution is 2.35. The van der Waals surface area contributed by atoms with Crippen molar-refractivity contribution >= 4 is 11.6 Å². The van der Waals surface area contributed by atoms with Gasteiger partial charge in [-0.1, -0.05) is 30.3 Å². The number of rotatable bonds is 2. The molecule has 0 saturated carbocycles. The number of fused-ring (bicyclic) bond motifs is 1. The van der Waals surface area contributed by atoms with Gasteiger partial charge >= 0.3 is 0 Å². The zero-order valence-corrected chi connectivity index (χ0v) is 12.7. The van der Waals surface area contributed by atoms with Gasteiger partial charge in [-0.15, -0.1) is 0 Å². The fraction of sp³-hybridized carbons (Fsp3) is 0.278. The first-order chi connectivity index (χ1) is 9.99. The molecule has 0 bridgehead atoms. The number of anilines is 1. The first-order valence-corrected chi connectivity index (χ1v) is 7.23. The molecule has 1 atom stereocenters. The van der Waals surface area contributed by atoms with Crippen molar-refractivity contribution in [3.05, 3.63) is 63.7 Å². The lowest BCUT2D eigenvalue weighted by atomic mass is 9.88. The highest BCUT2D eigenvalue weighted by Gasteiger charge is 2.24. The van der Waals surface area contributed by atoms with Gasteiger partial charge in [-0.2, -0.15) is 0 Å². The minimum absolute atomic E-state index is 0.0640. The number of amides is 1. The number of nitrogens with two attached hydrogens (primary N) is 1. The number of hydrogen-bond acceptors (Lipinski definition) is 2. The van der Waals surface area contributed by atoms with E-state index in [1.54, 1.807) is 0 Å². The average Bonchev–Trinajstić information content (AvgIpc) is 2.83. The van der Waals surface area contributed by atoms with E-state index in [1.807, 2.05) is 19.1 Å². The maximum atomic E-state index is 11.6. The number of nitrogens with one attached hydrogen (secondary N) is 1. The molecule has 1 aliphatic heterocycles. The second-order valence-electron chi connectivity index (χ2n) is 5.81. The van der Waals surface area contributed by atoms with Crippen molar-refractivity contribution in [3.63, 3.8) is 0 Å². The normalized spacial score (nSPS) is 14.8. The Bertz CT molecular complexity index is 734. The zero-order valence-electron chi connectivity index (χ0n) is 12.7. The molecule has 2 aromatic rings. The third-order valence-electron chi connectivity index (χ3n) is 4.50. The second kappa shape index (κ2) is 5.01. The topological polar surface area (TPSA) is 55.1 Å². The predicted octanol–water partition coefficient (Wildman–Crippen LogP) is 3.15. The van der Waals surface area contributed by atoms with Gasteiger partial charge in [-0.25, -0.2) is 0 Å². The minimum atomic E-state index is -0.161. The van der Waals surface area contributed by atoms with E-state index in [4.69, 9.17) is 5.73 Å². The monoisotopic (exact) mass is 280 g/mol. The van der Waals surface area contributed by atoms with Crippen LogP contribution < -0.4 is 11.1 Å². The van der Waals surface area contributed by atoms with Crippen LogP contribution in [-0.4, -0.2) is 5.91 Å². The van der Waals surface area contributed by atoms with Crippen LogP contribution in [-0.2, 0) is 11.2 Å². The van der Waals surface area contributed by atoms with Gasteiger partial charge < -0.3 is 11.1 Å². The molecule has 1 unspecified atom stereocenters. The molecular formula is C18H20N2O. The van der Waals surface area contributed by atoms with Crippen molar-refractivity contribution in [1.82, 2.24) is 0 Å². The van der Waals surface area contributed by atoms with E-state index in [0.717, 1.165) is 33.5 Å². The molecule has 3 nitrogen and oxygen atoms in total. The summed E-state index contributed by atoms with van der Waals surface area (Å²) in [6, 6.07) is 10.1. The van der Waals surface area contributed by atoms with Crippen LogP contribution in [0.4, 0.5) is 5.69 Å². The molecule has 3 rings (SSSR count). The molecule has 0 radical (unpaired) electrons. The van der Waals surface area contributed by atoms with Gasteiger partial charge in [-0.05, 0) is 54.2 Å². The molecule has 1 amide bonds. The second-order valence-corrected chi connectivity index (χ2v) is 5.81. The van der Waals surface area contributed by atoms with Gasteiger partial charge in [0.15, 0.2) is 0 Å². The molecule has 0 aliphatic carbocycles. The lowest BCUT2D eigenvalue weighted by molar-refractivity contribution is -0.115. The minimum Gasteiger partial charge on any atom is -0.325 e. The SMILES string of the molecule is Cc1ccccc1C(N)c1cc2c(c(C)c1C)NC(=O)C2. The molecule has 1 aliphatic rings. The third kappa shape index (κ3) is 2.24. The fourth-order valence-corrected chi connectivity index (χ4v) is 3.11. The Morgan fingerprint density at radius 3 is 2.52 bits per heavy atom. The first-order valence-electron chi connectivity index (χ1n) is 7.23. The Balaban J connectivity index is 2.12. The van der Waals surface area contributed by atoms with Crippen LogP contribution in [0.25, 0.3) is 0 Å². The van der Waals surface area contributed by atoms with Gasteiger partial charge in [0.1, 0.15) is 0 Å². The highest BCUT2D eigenvalue weighted by atomic mass is 16.1. The molecule has 108 valence electrons. The molecule has 21 heavy (non-hydrogen) atoms. The largest absolute Gasteiger partial charge is 0.325 e. The van der Waals surface area contributed by atoms with E-state index >= 15 is 0 Å². The smallest absolute Gasteiger partial charge is 0.228 e. The van der Waals surface area contributed by atoms with E-state index < -0.39 is 0 Å². The highest BCUT2D eigenvalue weighted by molar-refractivity contribution is 6.00. The number of hydrogen-bond donors (Lipinski definition) is 2. The molecule has 0 saturated heterocycles. The molecule has 3 heteroatoms. The van der Waals surface area contributed by atoms with Crippen molar-refractivity contribution in [2.24, 2.45) is 5.73 Å². The van der Waals surface area contributed by atoms with Crippen LogP contribution in [0, 0.1) is 20.8 Å². The Morgan fingerprint density at radius 2 is 1.81 bits per heavy atom. The molecule has 2 aromatic carbocycles. The average molecular weight is 280 g/mol. The van der Waals surface area contributed by atoms with Crippen LogP contribution >= 0.6 is 0 Å². The summed E-state index contributed by atoms with van der Waals surface area (Å²) in [7, 11) is 0. The van der Waals surface area contributed by atoms with Crippen molar-refractivity contribution in [2.75, 3.05) is 5.32 Å². The summed E-state index contributed by atoms with van der Waals surface area (Å²) in [5.74, 6) is 0.0640. The standard InChI is InChI=1S/C18H20N2O/c1-10-6-4-5-7-14(10)17(19)15-8-13-9-16(21)20-18(13)12(3)11(15)2/h4-8,17H,9,19H2,1-3H3,(H,20,21). The maximum absolute atomic E-state index is 11.6. The van der Waals surface area contributed by atoms with Gasteiger partial charge in [0.05, 0.1) is 12.5 Å². The van der Waals surface area contributed by atoms with Crippen molar-refractivity contribution in [2.45, 2.75) is 33.2 Å². The van der Waals surface area contributed by atoms with E-state index in [0.29, 0.717) is 6.42 Å². The molecular weight excluding hydrogens is 260 g/mol. The van der Waals surface area contributed by atoms with Crippen molar-refractivity contribution < 1.29 is 4.79 Å². The molecule has 1 heterocycles. The van der Waals surface area contributed by atoms with E-state index in [1.165, 1.54) is 5.56 Å². The summed E-state index contributed by atoms with van der Waals surface area (Å²) in [6.07, 6.45) is 0.448. The number of carbonyl (C=O) groups is 1. The van der Waals surface area contributed by atoms with Crippen LogP contribution in [0.3, 0.4) is 0 Å². The lowest BCUT2D eigenvalue weighted by Gasteiger charge is -2.20. The van der Waals surface area contributed by atoms with Crippen LogP contribution in [0.2, 0.25) is 0 Å². The Hall–Kier alpha value is -2.13. The fourth-order valence-electron chi connectivity index (χ4n) is 3.11. The molecule has 0 aromatic heterocycles. The number of carbonyl (C=O) groups excluding carboxylic acids is 1. The van der Waals surface area contributed by atoms with Crippen LogP contribution in [0.5, 0.6) is 0 Å². The number of aryl methyl sites for hydroxylation is 1. The summed E-state index contributed by atoms with van der Waals surface area (Å²) in [4.78, 5) is 11.6. The quantitative estimate of drug-likeness (QED) is 0.888. The summed E-state index contributed by atoms with van der Waals surface area (Å²) in [5, 5.41) is 2.94. The summed E-state index contributed by atoms with van der Waals surface area (Å²) < 4.78 is 0. The summed E-state index contributed by atoms with van der Waals surface area (Å²) in [5.41, 5.74) is 14.3.